The Hall–Kier alpha value is -1.30. The molecule has 3 nitrogen and oxygen atoms in total. The van der Waals surface area contributed by atoms with Crippen molar-refractivity contribution in [1.82, 2.24) is 9.59 Å². The molecule has 2 N–H and O–H groups in total. The summed E-state index contributed by atoms with van der Waals surface area (Å²) in [6.45, 7) is 0. The predicted molar refractivity (Wildman–Crippen MR) is 67.8 cm³/mol. The third kappa shape index (κ3) is 1.53. The highest BCUT2D eigenvalue weighted by atomic mass is 32.1. The molecular weight excluding hydrogens is 238 g/mol. The predicted octanol–water partition coefficient (Wildman–Crippen LogP) is 2.80. The van der Waals surface area contributed by atoms with Gasteiger partial charge in [0.25, 0.3) is 0 Å². The molecule has 2 aromatic heterocycles. The van der Waals surface area contributed by atoms with E-state index in [1.807, 2.05) is 11.4 Å². The van der Waals surface area contributed by atoms with Crippen molar-refractivity contribution in [1.29, 1.82) is 0 Å². The van der Waals surface area contributed by atoms with Gasteiger partial charge in [-0.1, -0.05) is 22.7 Å². The normalized spacial score (nSPS) is 13.1. The van der Waals surface area contributed by atoms with E-state index >= 15 is 0 Å². The highest BCUT2D eigenvalue weighted by Gasteiger charge is 2.14. The van der Waals surface area contributed by atoms with Crippen LogP contribution in [0.4, 0.5) is 0 Å². The molecule has 1 atom stereocenters. The van der Waals surface area contributed by atoms with Gasteiger partial charge in [0.2, 0.25) is 0 Å². The van der Waals surface area contributed by atoms with Gasteiger partial charge in [-0.05, 0) is 33.9 Å². The Bertz CT molecular complexity index is 601. The maximum atomic E-state index is 6.20. The molecule has 1 unspecified atom stereocenters. The fraction of sp³-hybridized carbons (Fsp3) is 0.0909. The van der Waals surface area contributed by atoms with Crippen LogP contribution >= 0.6 is 22.9 Å². The summed E-state index contributed by atoms with van der Waals surface area (Å²) < 4.78 is 5.09. The number of benzene rings is 1. The first kappa shape index (κ1) is 9.89. The molecule has 0 spiro atoms. The quantitative estimate of drug-likeness (QED) is 0.757. The van der Waals surface area contributed by atoms with E-state index in [0.717, 1.165) is 11.3 Å². The molecule has 0 aliphatic heterocycles. The summed E-state index contributed by atoms with van der Waals surface area (Å²) in [5.41, 5.74) is 8.16. The van der Waals surface area contributed by atoms with Crippen LogP contribution in [0.2, 0.25) is 0 Å². The summed E-state index contributed by atoms with van der Waals surface area (Å²) in [6.07, 6.45) is 0. The molecule has 0 fully saturated rings. The van der Waals surface area contributed by atoms with Gasteiger partial charge >= 0.3 is 0 Å². The van der Waals surface area contributed by atoms with E-state index in [-0.39, 0.29) is 6.04 Å². The van der Waals surface area contributed by atoms with E-state index < -0.39 is 0 Å². The minimum Gasteiger partial charge on any atom is -0.319 e. The minimum absolute atomic E-state index is 0.180. The van der Waals surface area contributed by atoms with Crippen molar-refractivity contribution >= 4 is 33.0 Å². The van der Waals surface area contributed by atoms with E-state index in [2.05, 4.69) is 33.2 Å². The zero-order chi connectivity index (χ0) is 11.0. The summed E-state index contributed by atoms with van der Waals surface area (Å²) in [5, 5.41) is 9.25. The molecule has 2 heterocycles. The molecule has 16 heavy (non-hydrogen) atoms. The van der Waals surface area contributed by atoms with Crippen LogP contribution in [0.3, 0.4) is 0 Å². The van der Waals surface area contributed by atoms with Gasteiger partial charge < -0.3 is 5.73 Å². The molecule has 3 aromatic rings. The van der Waals surface area contributed by atoms with Crippen LogP contribution in [0.15, 0.2) is 35.0 Å². The van der Waals surface area contributed by atoms with Crippen LogP contribution in [0, 0.1) is 0 Å². The second kappa shape index (κ2) is 3.93. The fourth-order valence-corrected chi connectivity index (χ4v) is 3.17. The van der Waals surface area contributed by atoms with Gasteiger partial charge in [-0.3, -0.25) is 0 Å². The van der Waals surface area contributed by atoms with E-state index in [4.69, 9.17) is 5.73 Å². The van der Waals surface area contributed by atoms with Crippen molar-refractivity contribution in [3.63, 3.8) is 0 Å². The average Bonchev–Trinajstić information content (AvgIpc) is 2.98. The minimum atomic E-state index is -0.180. The molecule has 0 bridgehead atoms. The first-order valence-electron chi connectivity index (χ1n) is 4.85. The number of hydrogen-bond acceptors (Lipinski definition) is 5. The second-order valence-corrected chi connectivity index (χ2v) is 5.02. The van der Waals surface area contributed by atoms with Gasteiger partial charge in [0, 0.05) is 10.1 Å². The molecule has 5 heteroatoms. The van der Waals surface area contributed by atoms with Crippen molar-refractivity contribution < 1.29 is 0 Å². The number of thiophene rings is 1. The van der Waals surface area contributed by atoms with Crippen molar-refractivity contribution in [3.05, 3.63) is 46.3 Å². The van der Waals surface area contributed by atoms with Crippen LogP contribution in [0.25, 0.3) is 10.1 Å². The van der Waals surface area contributed by atoms with Crippen molar-refractivity contribution in [3.8, 4) is 0 Å². The Kier molecular flexibility index (Phi) is 2.43. The van der Waals surface area contributed by atoms with E-state index in [1.165, 1.54) is 21.6 Å². The first-order chi connectivity index (χ1) is 7.86. The fourth-order valence-electron chi connectivity index (χ4n) is 1.73. The van der Waals surface area contributed by atoms with E-state index in [9.17, 15) is 0 Å². The molecule has 0 aliphatic carbocycles. The van der Waals surface area contributed by atoms with Crippen LogP contribution in [0.1, 0.15) is 17.3 Å². The van der Waals surface area contributed by atoms with Crippen molar-refractivity contribution in [2.24, 2.45) is 5.73 Å². The number of rotatable bonds is 2. The topological polar surface area (TPSA) is 51.8 Å². The summed E-state index contributed by atoms with van der Waals surface area (Å²) in [7, 11) is 0. The maximum absolute atomic E-state index is 6.20. The van der Waals surface area contributed by atoms with Crippen LogP contribution in [-0.2, 0) is 0 Å². The number of nitrogens with two attached hydrogens (primary N) is 1. The lowest BCUT2D eigenvalue weighted by atomic mass is 10.0. The van der Waals surface area contributed by atoms with Crippen LogP contribution in [-0.4, -0.2) is 9.59 Å². The lowest BCUT2D eigenvalue weighted by molar-refractivity contribution is 0.826. The first-order valence-corrected chi connectivity index (χ1v) is 6.56. The zero-order valence-electron chi connectivity index (χ0n) is 8.33. The second-order valence-electron chi connectivity index (χ2n) is 3.49. The smallest absolute Gasteiger partial charge is 0.0968 e. The molecule has 0 amide bonds. The molecule has 1 aromatic carbocycles. The summed E-state index contributed by atoms with van der Waals surface area (Å²) in [6, 6.07) is 8.12. The Balaban J connectivity index is 2.15. The van der Waals surface area contributed by atoms with E-state index in [1.54, 1.807) is 11.3 Å². The molecule has 0 aliphatic rings. The average molecular weight is 247 g/mol. The van der Waals surface area contributed by atoms with Crippen molar-refractivity contribution in [2.45, 2.75) is 6.04 Å². The summed E-state index contributed by atoms with van der Waals surface area (Å²) in [4.78, 5) is 0. The Morgan fingerprint density at radius 1 is 1.25 bits per heavy atom. The summed E-state index contributed by atoms with van der Waals surface area (Å²) in [5.74, 6) is 0. The lowest BCUT2D eigenvalue weighted by Gasteiger charge is -2.09. The van der Waals surface area contributed by atoms with Gasteiger partial charge in [0.05, 0.1) is 11.7 Å². The maximum Gasteiger partial charge on any atom is 0.0968 e. The molecule has 0 saturated heterocycles. The molecule has 0 radical (unpaired) electrons. The highest BCUT2D eigenvalue weighted by molar-refractivity contribution is 7.17. The number of nitrogens with zero attached hydrogens (tertiary/aromatic N) is 2. The number of hydrogen-bond donors (Lipinski definition) is 1. The van der Waals surface area contributed by atoms with Gasteiger partial charge in [0.15, 0.2) is 0 Å². The van der Waals surface area contributed by atoms with Crippen LogP contribution in [0.5, 0.6) is 0 Å². The Morgan fingerprint density at radius 2 is 2.19 bits per heavy atom. The monoisotopic (exact) mass is 247 g/mol. The largest absolute Gasteiger partial charge is 0.319 e. The third-order valence-corrected chi connectivity index (χ3v) is 4.04. The van der Waals surface area contributed by atoms with Gasteiger partial charge in [0.1, 0.15) is 0 Å². The summed E-state index contributed by atoms with van der Waals surface area (Å²) >= 11 is 3.05. The van der Waals surface area contributed by atoms with Crippen LogP contribution < -0.4 is 5.73 Å². The van der Waals surface area contributed by atoms with Gasteiger partial charge in [-0.2, -0.15) is 0 Å². The zero-order valence-corrected chi connectivity index (χ0v) is 9.96. The standard InChI is InChI=1S/C11H9N3S2/c12-10(9-6-16-14-13-9)8-3-1-2-7-4-5-15-11(7)8/h1-6,10H,12H2. The Morgan fingerprint density at radius 3 is 3.00 bits per heavy atom. The molecule has 0 saturated carbocycles. The SMILES string of the molecule is NC(c1csnn1)c1cccc2ccsc12. The Labute approximate surface area is 101 Å². The van der Waals surface area contributed by atoms with Gasteiger partial charge in [-0.25, -0.2) is 0 Å². The van der Waals surface area contributed by atoms with Crippen molar-refractivity contribution in [2.75, 3.05) is 0 Å². The van der Waals surface area contributed by atoms with E-state index in [0.29, 0.717) is 0 Å². The van der Waals surface area contributed by atoms with Gasteiger partial charge in [-0.15, -0.1) is 16.4 Å². The lowest BCUT2D eigenvalue weighted by Crippen LogP contribution is -2.12. The molecule has 3 rings (SSSR count). The molecule has 80 valence electrons. The number of aromatic nitrogens is 2. The third-order valence-electron chi connectivity index (χ3n) is 2.54. The molecular formula is C11H9N3S2. The highest BCUT2D eigenvalue weighted by Crippen LogP contribution is 2.30. The number of fused-ring (bicyclic) bond motifs is 1.